The number of hydrogen-bond acceptors (Lipinski definition) is 4. The zero-order valence-corrected chi connectivity index (χ0v) is 13.8. The Bertz CT molecular complexity index is 611. The van der Waals surface area contributed by atoms with E-state index in [2.05, 4.69) is 5.10 Å². The van der Waals surface area contributed by atoms with Gasteiger partial charge in [0.2, 0.25) is 0 Å². The van der Waals surface area contributed by atoms with Crippen molar-refractivity contribution in [1.29, 1.82) is 0 Å². The topological polar surface area (TPSA) is 69.0 Å². The monoisotopic (exact) mass is 312 g/mol. The summed E-state index contributed by atoms with van der Waals surface area (Å²) < 4.78 is 24.0. The molecular formula is C15H24N2O3S. The molecule has 0 radical (unpaired) electrons. The highest BCUT2D eigenvalue weighted by Gasteiger charge is 2.38. The van der Waals surface area contributed by atoms with E-state index in [1.165, 1.54) is 33.1 Å². The van der Waals surface area contributed by atoms with Gasteiger partial charge < -0.3 is 0 Å². The third-order valence-corrected chi connectivity index (χ3v) is 6.63. The van der Waals surface area contributed by atoms with Crippen LogP contribution in [0.4, 0.5) is 0 Å². The minimum atomic E-state index is -3.42. The predicted octanol–water partition coefficient (Wildman–Crippen LogP) is 2.32. The van der Waals surface area contributed by atoms with E-state index in [9.17, 15) is 13.2 Å². The summed E-state index contributed by atoms with van der Waals surface area (Å²) in [6.07, 6.45) is 9.07. The summed E-state index contributed by atoms with van der Waals surface area (Å²) in [5, 5.41) is 4.47. The van der Waals surface area contributed by atoms with Crippen molar-refractivity contribution in [3.63, 3.8) is 0 Å². The quantitative estimate of drug-likeness (QED) is 0.836. The van der Waals surface area contributed by atoms with Crippen molar-refractivity contribution < 1.29 is 13.2 Å². The number of nitrogens with zero attached hydrogens (tertiary/aromatic N) is 2. The number of ketones is 1. The average Bonchev–Trinajstić information content (AvgIpc) is 2.87. The zero-order chi connectivity index (χ0) is 15.7. The predicted molar refractivity (Wildman–Crippen MR) is 82.0 cm³/mol. The van der Waals surface area contributed by atoms with Crippen LogP contribution >= 0.6 is 0 Å². The van der Waals surface area contributed by atoms with Gasteiger partial charge in [-0.3, -0.25) is 9.48 Å². The van der Waals surface area contributed by atoms with E-state index in [1.54, 1.807) is 0 Å². The van der Waals surface area contributed by atoms with E-state index in [-0.39, 0.29) is 12.2 Å². The maximum Gasteiger partial charge on any atom is 0.159 e. The molecule has 0 bridgehead atoms. The standard InChI is InChI=1S/C15H24N2O3S/c1-15(2,21(3,19)20)14(18)11-12-9-10-17(16-12)13-7-5-4-6-8-13/h9-10,13H,4-8,11H2,1-3H3. The van der Waals surface area contributed by atoms with Gasteiger partial charge in [-0.05, 0) is 32.8 Å². The lowest BCUT2D eigenvalue weighted by Gasteiger charge is -2.22. The van der Waals surface area contributed by atoms with Crippen molar-refractivity contribution in [1.82, 2.24) is 9.78 Å². The number of Topliss-reactive ketones (excluding diaryl/α,β-unsaturated/α-hetero) is 1. The molecule has 1 saturated carbocycles. The number of sulfone groups is 1. The van der Waals surface area contributed by atoms with Crippen LogP contribution in [0, 0.1) is 0 Å². The minimum absolute atomic E-state index is 0.0692. The Balaban J connectivity index is 2.07. The van der Waals surface area contributed by atoms with E-state index in [4.69, 9.17) is 0 Å². The first-order valence-corrected chi connectivity index (χ1v) is 9.38. The molecule has 6 heteroatoms. The van der Waals surface area contributed by atoms with E-state index >= 15 is 0 Å². The molecule has 0 unspecified atom stereocenters. The van der Waals surface area contributed by atoms with Crippen molar-refractivity contribution in [3.05, 3.63) is 18.0 Å². The second kappa shape index (κ2) is 5.91. The molecule has 1 fully saturated rings. The maximum absolute atomic E-state index is 12.2. The molecule has 1 aliphatic carbocycles. The molecule has 0 amide bonds. The molecule has 1 aliphatic rings. The van der Waals surface area contributed by atoms with Crippen LogP contribution in [0.1, 0.15) is 57.7 Å². The molecule has 0 atom stereocenters. The van der Waals surface area contributed by atoms with Gasteiger partial charge in [0.1, 0.15) is 4.75 Å². The highest BCUT2D eigenvalue weighted by Crippen LogP contribution is 2.27. The molecule has 1 heterocycles. The molecule has 21 heavy (non-hydrogen) atoms. The van der Waals surface area contributed by atoms with Crippen LogP contribution in [-0.4, -0.2) is 35.0 Å². The molecule has 0 aromatic carbocycles. The molecular weight excluding hydrogens is 288 g/mol. The smallest absolute Gasteiger partial charge is 0.159 e. The number of rotatable bonds is 5. The van der Waals surface area contributed by atoms with E-state index in [0.29, 0.717) is 11.7 Å². The highest BCUT2D eigenvalue weighted by molar-refractivity contribution is 7.92. The van der Waals surface area contributed by atoms with Crippen LogP contribution in [0.3, 0.4) is 0 Å². The summed E-state index contributed by atoms with van der Waals surface area (Å²) in [5.41, 5.74) is 0.655. The minimum Gasteiger partial charge on any atom is -0.298 e. The van der Waals surface area contributed by atoms with Gasteiger partial charge in [0.15, 0.2) is 15.6 Å². The first-order chi connectivity index (χ1) is 9.72. The van der Waals surface area contributed by atoms with E-state index < -0.39 is 14.6 Å². The van der Waals surface area contributed by atoms with Crippen molar-refractivity contribution in [2.24, 2.45) is 0 Å². The molecule has 0 saturated heterocycles. The second-order valence-corrected chi connectivity index (χ2v) is 9.03. The largest absolute Gasteiger partial charge is 0.298 e. The summed E-state index contributed by atoms with van der Waals surface area (Å²) in [6, 6.07) is 2.25. The molecule has 0 spiro atoms. The number of carbonyl (C=O) groups excluding carboxylic acids is 1. The van der Waals surface area contributed by atoms with Crippen molar-refractivity contribution in [2.45, 2.75) is 63.2 Å². The SMILES string of the molecule is CC(C)(C(=O)Cc1ccn(C2CCCCC2)n1)S(C)(=O)=O. The van der Waals surface area contributed by atoms with Gasteiger partial charge in [0.05, 0.1) is 18.2 Å². The Labute approximate surface area is 126 Å². The van der Waals surface area contributed by atoms with Gasteiger partial charge in [0, 0.05) is 12.5 Å². The van der Waals surface area contributed by atoms with Crippen molar-refractivity contribution >= 4 is 15.6 Å². The Morgan fingerprint density at radius 2 is 1.95 bits per heavy atom. The molecule has 118 valence electrons. The first-order valence-electron chi connectivity index (χ1n) is 7.49. The molecule has 0 aliphatic heterocycles. The fraction of sp³-hybridized carbons (Fsp3) is 0.733. The molecule has 1 aromatic heterocycles. The summed E-state index contributed by atoms with van der Waals surface area (Å²) in [6.45, 7) is 2.92. The number of carbonyl (C=O) groups is 1. The summed E-state index contributed by atoms with van der Waals surface area (Å²) in [4.78, 5) is 12.2. The molecule has 0 N–H and O–H groups in total. The van der Waals surface area contributed by atoms with Gasteiger partial charge in [-0.15, -0.1) is 0 Å². The van der Waals surface area contributed by atoms with E-state index in [0.717, 1.165) is 19.1 Å². The Kier molecular flexibility index (Phi) is 4.56. The third-order valence-electron chi connectivity index (χ3n) is 4.55. The summed E-state index contributed by atoms with van der Waals surface area (Å²) >= 11 is 0. The van der Waals surface area contributed by atoms with Gasteiger partial charge in [-0.1, -0.05) is 19.3 Å². The van der Waals surface area contributed by atoms with Gasteiger partial charge in [-0.25, -0.2) is 8.42 Å². The van der Waals surface area contributed by atoms with Crippen molar-refractivity contribution in [2.75, 3.05) is 6.26 Å². The molecule has 2 rings (SSSR count). The maximum atomic E-state index is 12.2. The van der Waals surface area contributed by atoms with Crippen LogP contribution in [0.5, 0.6) is 0 Å². The molecule has 1 aromatic rings. The Morgan fingerprint density at radius 1 is 1.33 bits per heavy atom. The van der Waals surface area contributed by atoms with Crippen LogP contribution in [0.25, 0.3) is 0 Å². The number of aromatic nitrogens is 2. The Hall–Kier alpha value is -1.17. The van der Waals surface area contributed by atoms with Crippen LogP contribution in [-0.2, 0) is 21.1 Å². The highest BCUT2D eigenvalue weighted by atomic mass is 32.2. The molecule has 5 nitrogen and oxygen atoms in total. The van der Waals surface area contributed by atoms with Crippen LogP contribution < -0.4 is 0 Å². The van der Waals surface area contributed by atoms with Crippen LogP contribution in [0.2, 0.25) is 0 Å². The van der Waals surface area contributed by atoms with Crippen molar-refractivity contribution in [3.8, 4) is 0 Å². The lowest BCUT2D eigenvalue weighted by Crippen LogP contribution is -2.41. The van der Waals surface area contributed by atoms with Gasteiger partial charge in [0.25, 0.3) is 0 Å². The Morgan fingerprint density at radius 3 is 2.52 bits per heavy atom. The van der Waals surface area contributed by atoms with E-state index in [1.807, 2.05) is 16.9 Å². The summed E-state index contributed by atoms with van der Waals surface area (Å²) in [7, 11) is -3.42. The fourth-order valence-corrected chi connectivity index (χ4v) is 3.09. The lowest BCUT2D eigenvalue weighted by molar-refractivity contribution is -0.120. The third kappa shape index (κ3) is 3.54. The lowest BCUT2D eigenvalue weighted by atomic mass is 9.96. The first kappa shape index (κ1) is 16.2. The number of hydrogen-bond donors (Lipinski definition) is 0. The zero-order valence-electron chi connectivity index (χ0n) is 13.0. The summed E-state index contributed by atoms with van der Waals surface area (Å²) in [5.74, 6) is -0.307. The fourth-order valence-electron chi connectivity index (χ4n) is 2.60. The van der Waals surface area contributed by atoms with Gasteiger partial charge >= 0.3 is 0 Å². The average molecular weight is 312 g/mol. The normalized spacial score (nSPS) is 17.9. The second-order valence-electron chi connectivity index (χ2n) is 6.46. The van der Waals surface area contributed by atoms with Crippen LogP contribution in [0.15, 0.2) is 12.3 Å². The van der Waals surface area contributed by atoms with Gasteiger partial charge in [-0.2, -0.15) is 5.10 Å².